The van der Waals surface area contributed by atoms with Crippen molar-refractivity contribution in [3.8, 4) is 0 Å². The number of aromatic carboxylic acids is 1. The molecular formula is C40H36N2O2. The molecule has 2 aliphatic rings. The van der Waals surface area contributed by atoms with E-state index in [4.69, 9.17) is 4.98 Å². The zero-order valence-electron chi connectivity index (χ0n) is 25.3. The summed E-state index contributed by atoms with van der Waals surface area (Å²) in [6.45, 7) is 7.04. The van der Waals surface area contributed by atoms with Gasteiger partial charge >= 0.3 is 5.97 Å². The predicted molar refractivity (Wildman–Crippen MR) is 180 cm³/mol. The molecule has 0 spiro atoms. The van der Waals surface area contributed by atoms with Crippen molar-refractivity contribution in [2.24, 2.45) is 0 Å². The molecule has 6 aromatic rings. The minimum Gasteiger partial charge on any atom is -0.478 e. The summed E-state index contributed by atoms with van der Waals surface area (Å²) < 4.78 is 0. The molecule has 8 rings (SSSR count). The van der Waals surface area contributed by atoms with Crippen LogP contribution in [0.3, 0.4) is 0 Å². The molecule has 2 atom stereocenters. The smallest absolute Gasteiger partial charge is 0.337 e. The van der Waals surface area contributed by atoms with Crippen molar-refractivity contribution in [1.29, 1.82) is 0 Å². The summed E-state index contributed by atoms with van der Waals surface area (Å²) in [4.78, 5) is 19.9. The van der Waals surface area contributed by atoms with Crippen LogP contribution in [0.4, 0.5) is 5.69 Å². The lowest BCUT2D eigenvalue weighted by atomic mass is 9.59. The van der Waals surface area contributed by atoms with E-state index in [1.807, 2.05) is 12.1 Å². The molecule has 44 heavy (non-hydrogen) atoms. The topological polar surface area (TPSA) is 53.4 Å². The Bertz CT molecular complexity index is 2090. The Balaban J connectivity index is 1.37. The van der Waals surface area contributed by atoms with Crippen LogP contribution in [-0.4, -0.2) is 29.1 Å². The largest absolute Gasteiger partial charge is 0.478 e. The lowest BCUT2D eigenvalue weighted by Gasteiger charge is -2.45. The summed E-state index contributed by atoms with van der Waals surface area (Å²) >= 11 is 0. The summed E-state index contributed by atoms with van der Waals surface area (Å²) in [5.41, 5.74) is 6.97. The first-order chi connectivity index (χ1) is 21.4. The van der Waals surface area contributed by atoms with Gasteiger partial charge < -0.3 is 10.0 Å². The number of carboxylic acid groups (broad SMARTS) is 1. The fourth-order valence-electron chi connectivity index (χ4n) is 8.15. The maximum absolute atomic E-state index is 12.2. The number of aromatic nitrogens is 1. The van der Waals surface area contributed by atoms with Gasteiger partial charge in [0, 0.05) is 35.8 Å². The molecule has 0 bridgehead atoms. The van der Waals surface area contributed by atoms with Crippen LogP contribution in [0, 0.1) is 0 Å². The molecule has 2 unspecified atom stereocenters. The molecule has 0 radical (unpaired) electrons. The molecule has 5 aromatic carbocycles. The SMILES string of the molecule is CC1(C)c2ccc3c(ccc4ccccc43)c2C(c2ccc3cccc(C(=O)O)c3n2)CC1c1cccc(N2CCCC2)c1. The van der Waals surface area contributed by atoms with Gasteiger partial charge in [-0.15, -0.1) is 0 Å². The number of hydrogen-bond acceptors (Lipinski definition) is 3. The van der Waals surface area contributed by atoms with Crippen LogP contribution in [0.2, 0.25) is 0 Å². The van der Waals surface area contributed by atoms with Crippen molar-refractivity contribution in [3.63, 3.8) is 0 Å². The van der Waals surface area contributed by atoms with Crippen LogP contribution in [0.15, 0.2) is 103 Å². The Morgan fingerprint density at radius 2 is 1.55 bits per heavy atom. The number of anilines is 1. The summed E-state index contributed by atoms with van der Waals surface area (Å²) in [5, 5.41) is 15.9. The second-order valence-electron chi connectivity index (χ2n) is 13.2. The average Bonchev–Trinajstić information content (AvgIpc) is 3.59. The molecule has 218 valence electrons. The maximum atomic E-state index is 12.2. The Morgan fingerprint density at radius 3 is 2.39 bits per heavy atom. The molecular weight excluding hydrogens is 540 g/mol. The van der Waals surface area contributed by atoms with Crippen molar-refractivity contribution >= 4 is 44.1 Å². The molecule has 2 heterocycles. The molecule has 1 saturated heterocycles. The van der Waals surface area contributed by atoms with Gasteiger partial charge in [-0.2, -0.15) is 0 Å². The number of pyridine rings is 1. The van der Waals surface area contributed by atoms with Crippen LogP contribution in [0.25, 0.3) is 32.4 Å². The Labute approximate surface area is 258 Å². The van der Waals surface area contributed by atoms with E-state index in [1.54, 1.807) is 12.1 Å². The maximum Gasteiger partial charge on any atom is 0.337 e. The number of para-hydroxylation sites is 1. The third kappa shape index (κ3) is 4.19. The molecule has 1 aromatic heterocycles. The van der Waals surface area contributed by atoms with E-state index < -0.39 is 5.97 Å². The van der Waals surface area contributed by atoms with Crippen LogP contribution >= 0.6 is 0 Å². The van der Waals surface area contributed by atoms with Gasteiger partial charge in [-0.3, -0.25) is 4.98 Å². The normalized spacial score (nSPS) is 19.5. The fourth-order valence-corrected chi connectivity index (χ4v) is 8.15. The lowest BCUT2D eigenvalue weighted by Crippen LogP contribution is -2.35. The number of nitrogens with zero attached hydrogens (tertiary/aromatic N) is 2. The molecule has 1 aliphatic heterocycles. The van der Waals surface area contributed by atoms with Crippen molar-refractivity contribution in [1.82, 2.24) is 4.98 Å². The third-order valence-corrected chi connectivity index (χ3v) is 10.4. The van der Waals surface area contributed by atoms with Crippen molar-refractivity contribution in [2.45, 2.75) is 50.4 Å². The highest BCUT2D eigenvalue weighted by Crippen LogP contribution is 2.55. The van der Waals surface area contributed by atoms with Gasteiger partial charge in [-0.05, 0) is 93.1 Å². The molecule has 1 N–H and O–H groups in total. The number of carbonyl (C=O) groups is 1. The highest BCUT2D eigenvalue weighted by Gasteiger charge is 2.43. The van der Waals surface area contributed by atoms with Gasteiger partial charge in [-0.1, -0.05) is 92.7 Å². The third-order valence-electron chi connectivity index (χ3n) is 10.4. The van der Waals surface area contributed by atoms with E-state index >= 15 is 0 Å². The first kappa shape index (κ1) is 26.9. The number of hydrogen-bond donors (Lipinski definition) is 1. The van der Waals surface area contributed by atoms with Crippen molar-refractivity contribution < 1.29 is 9.90 Å². The summed E-state index contributed by atoms with van der Waals surface area (Å²) in [6.07, 6.45) is 3.40. The first-order valence-corrected chi connectivity index (χ1v) is 15.8. The molecule has 1 fully saturated rings. The number of benzene rings is 5. The average molecular weight is 577 g/mol. The lowest BCUT2D eigenvalue weighted by molar-refractivity contribution is 0.0699. The van der Waals surface area contributed by atoms with Crippen molar-refractivity contribution in [2.75, 3.05) is 18.0 Å². The van der Waals surface area contributed by atoms with E-state index in [9.17, 15) is 9.90 Å². The number of fused-ring (bicyclic) bond motifs is 6. The van der Waals surface area contributed by atoms with E-state index in [0.717, 1.165) is 30.6 Å². The Hall–Kier alpha value is -4.70. The fraction of sp³-hybridized carbons (Fsp3) is 0.250. The van der Waals surface area contributed by atoms with Crippen LogP contribution in [0.1, 0.15) is 77.7 Å². The summed E-state index contributed by atoms with van der Waals surface area (Å²) in [5.74, 6) is -0.679. The van der Waals surface area contributed by atoms with E-state index in [1.165, 1.54) is 56.8 Å². The van der Waals surface area contributed by atoms with Gasteiger partial charge in [0.15, 0.2) is 0 Å². The van der Waals surface area contributed by atoms with E-state index in [2.05, 4.69) is 97.6 Å². The van der Waals surface area contributed by atoms with Crippen molar-refractivity contribution in [3.05, 3.63) is 131 Å². The van der Waals surface area contributed by atoms with Gasteiger partial charge in [-0.25, -0.2) is 4.79 Å². The highest BCUT2D eigenvalue weighted by molar-refractivity contribution is 6.09. The molecule has 0 saturated carbocycles. The molecule has 4 nitrogen and oxygen atoms in total. The highest BCUT2D eigenvalue weighted by atomic mass is 16.4. The minimum absolute atomic E-state index is 0.00887. The summed E-state index contributed by atoms with van der Waals surface area (Å²) in [6, 6.07) is 36.6. The van der Waals surface area contributed by atoms with Crippen LogP contribution in [-0.2, 0) is 5.41 Å². The zero-order chi connectivity index (χ0) is 30.0. The zero-order valence-corrected chi connectivity index (χ0v) is 25.3. The van der Waals surface area contributed by atoms with Gasteiger partial charge in [0.25, 0.3) is 0 Å². The minimum atomic E-state index is -0.945. The molecule has 4 heteroatoms. The monoisotopic (exact) mass is 576 g/mol. The second-order valence-corrected chi connectivity index (χ2v) is 13.2. The molecule has 0 amide bonds. The number of rotatable bonds is 4. The van der Waals surface area contributed by atoms with Gasteiger partial charge in [0.1, 0.15) is 0 Å². The van der Waals surface area contributed by atoms with Gasteiger partial charge in [0.05, 0.1) is 11.1 Å². The molecule has 1 aliphatic carbocycles. The van der Waals surface area contributed by atoms with Crippen LogP contribution in [0.5, 0.6) is 0 Å². The predicted octanol–water partition coefficient (Wildman–Crippen LogP) is 9.44. The quantitative estimate of drug-likeness (QED) is 0.212. The first-order valence-electron chi connectivity index (χ1n) is 15.8. The second kappa shape index (κ2) is 10.2. The summed E-state index contributed by atoms with van der Waals surface area (Å²) in [7, 11) is 0. The standard InChI is InChI=1S/C40H36N2O2/c1-40(2)34-19-18-30-29-13-4-3-9-25(29)15-17-31(30)37(34)33(36-20-16-26-10-8-14-32(39(43)44)38(26)41-36)24-35(40)27-11-7-12-28(23-27)42-21-5-6-22-42/h3-4,7-20,23,33,35H,5-6,21-22,24H2,1-2H3,(H,43,44). The number of carboxylic acids is 1. The van der Waals surface area contributed by atoms with Crippen LogP contribution < -0.4 is 4.90 Å². The van der Waals surface area contributed by atoms with E-state index in [0.29, 0.717) is 5.52 Å². The van der Waals surface area contributed by atoms with E-state index in [-0.39, 0.29) is 22.8 Å². The Kier molecular flexibility index (Phi) is 6.23. The van der Waals surface area contributed by atoms with Gasteiger partial charge in [0.2, 0.25) is 0 Å². The Morgan fingerprint density at radius 1 is 0.795 bits per heavy atom.